The molecule has 128 valence electrons. The molecule has 0 amide bonds. The van der Waals surface area contributed by atoms with Crippen molar-refractivity contribution in [1.82, 2.24) is 10.2 Å². The highest BCUT2D eigenvalue weighted by Crippen LogP contribution is 2.39. The van der Waals surface area contributed by atoms with Gasteiger partial charge in [-0.05, 0) is 62.0 Å². The number of hydrogen-bond acceptors (Lipinski definition) is 3. The lowest BCUT2D eigenvalue weighted by Gasteiger charge is -2.34. The smallest absolute Gasteiger partial charge is 0.422 e. The number of nitrogens with zero attached hydrogens (tertiary/aromatic N) is 1. The number of piperidine rings is 1. The Hall–Kier alpha value is -1.27. The predicted molar refractivity (Wildman–Crippen MR) is 82.4 cm³/mol. The Bertz CT molecular complexity index is 527. The second-order valence-corrected chi connectivity index (χ2v) is 6.76. The summed E-state index contributed by atoms with van der Waals surface area (Å²) in [6, 6.07) is 7.01. The number of rotatable bonds is 4. The van der Waals surface area contributed by atoms with Crippen LogP contribution in [-0.4, -0.2) is 43.9 Å². The summed E-state index contributed by atoms with van der Waals surface area (Å²) in [6.07, 6.45) is -0.637. The average Bonchev–Trinajstić information content (AvgIpc) is 2.88. The van der Waals surface area contributed by atoms with E-state index in [1.54, 1.807) is 18.2 Å². The largest absolute Gasteiger partial charge is 0.484 e. The number of likely N-dealkylation sites (tertiary alicyclic amines) is 1. The topological polar surface area (TPSA) is 24.5 Å². The molecule has 23 heavy (non-hydrogen) atoms. The minimum Gasteiger partial charge on any atom is -0.484 e. The molecular weight excluding hydrogens is 305 g/mol. The van der Waals surface area contributed by atoms with Crippen molar-refractivity contribution in [2.45, 2.75) is 32.0 Å². The summed E-state index contributed by atoms with van der Waals surface area (Å²) in [5, 5.41) is 3.41. The van der Waals surface area contributed by atoms with Gasteiger partial charge in [-0.25, -0.2) is 0 Å². The third kappa shape index (κ3) is 4.61. The SMILES string of the molecule is FC(F)(F)COc1cccc(CN2CCC3(CCNCC3)C2)c1. The Kier molecular flexibility index (Phi) is 4.82. The van der Waals surface area contributed by atoms with Gasteiger partial charge >= 0.3 is 6.18 Å². The standard InChI is InChI=1S/C17H23F3N2O/c18-17(19,20)13-23-15-3-1-2-14(10-15)11-22-9-6-16(12-22)4-7-21-8-5-16/h1-3,10,21H,4-9,11-13H2. The Morgan fingerprint density at radius 3 is 2.70 bits per heavy atom. The van der Waals surface area contributed by atoms with E-state index in [-0.39, 0.29) is 5.75 Å². The molecule has 2 aliphatic rings. The maximum atomic E-state index is 12.2. The molecule has 0 bridgehead atoms. The fraction of sp³-hybridized carbons (Fsp3) is 0.647. The van der Waals surface area contributed by atoms with Gasteiger partial charge in [0.15, 0.2) is 6.61 Å². The highest BCUT2D eigenvalue weighted by Gasteiger charge is 2.38. The monoisotopic (exact) mass is 328 g/mol. The van der Waals surface area contributed by atoms with Gasteiger partial charge in [-0.15, -0.1) is 0 Å². The van der Waals surface area contributed by atoms with Gasteiger partial charge in [0, 0.05) is 13.1 Å². The van der Waals surface area contributed by atoms with Gasteiger partial charge in [0.05, 0.1) is 0 Å². The van der Waals surface area contributed by atoms with Crippen LogP contribution in [-0.2, 0) is 6.54 Å². The lowest BCUT2D eigenvalue weighted by Crippen LogP contribution is -2.38. The Labute approximate surface area is 134 Å². The third-order valence-corrected chi connectivity index (χ3v) is 4.89. The molecule has 0 radical (unpaired) electrons. The predicted octanol–water partition coefficient (Wildman–Crippen LogP) is 3.20. The van der Waals surface area contributed by atoms with Crippen LogP contribution in [0.2, 0.25) is 0 Å². The van der Waals surface area contributed by atoms with Gasteiger partial charge in [0.1, 0.15) is 5.75 Å². The molecule has 2 saturated heterocycles. The summed E-state index contributed by atoms with van der Waals surface area (Å²) in [6.45, 7) is 3.87. The summed E-state index contributed by atoms with van der Waals surface area (Å²) in [4.78, 5) is 2.41. The van der Waals surface area contributed by atoms with E-state index in [0.717, 1.165) is 38.3 Å². The van der Waals surface area contributed by atoms with Gasteiger partial charge < -0.3 is 10.1 Å². The summed E-state index contributed by atoms with van der Waals surface area (Å²) >= 11 is 0. The minimum absolute atomic E-state index is 0.288. The van der Waals surface area contributed by atoms with E-state index < -0.39 is 12.8 Å². The average molecular weight is 328 g/mol. The summed E-state index contributed by atoms with van der Waals surface area (Å²) in [5.41, 5.74) is 1.45. The highest BCUT2D eigenvalue weighted by atomic mass is 19.4. The molecule has 1 aromatic rings. The van der Waals surface area contributed by atoms with E-state index in [2.05, 4.69) is 10.2 Å². The van der Waals surface area contributed by atoms with Crippen molar-refractivity contribution in [2.24, 2.45) is 5.41 Å². The Morgan fingerprint density at radius 1 is 1.17 bits per heavy atom. The quantitative estimate of drug-likeness (QED) is 0.919. The molecule has 0 atom stereocenters. The van der Waals surface area contributed by atoms with Crippen molar-refractivity contribution in [2.75, 3.05) is 32.8 Å². The van der Waals surface area contributed by atoms with Crippen LogP contribution in [0.4, 0.5) is 13.2 Å². The Morgan fingerprint density at radius 2 is 1.96 bits per heavy atom. The number of hydrogen-bond donors (Lipinski definition) is 1. The zero-order chi connectivity index (χ0) is 16.3. The number of alkyl halides is 3. The van der Waals surface area contributed by atoms with Crippen LogP contribution in [0.15, 0.2) is 24.3 Å². The molecule has 0 aliphatic carbocycles. The fourth-order valence-electron chi connectivity index (χ4n) is 3.68. The van der Waals surface area contributed by atoms with E-state index in [1.165, 1.54) is 19.3 Å². The molecule has 2 aliphatic heterocycles. The van der Waals surface area contributed by atoms with Crippen molar-refractivity contribution in [3.63, 3.8) is 0 Å². The zero-order valence-electron chi connectivity index (χ0n) is 13.2. The van der Waals surface area contributed by atoms with E-state index in [9.17, 15) is 13.2 Å². The highest BCUT2D eigenvalue weighted by molar-refractivity contribution is 5.28. The zero-order valence-corrected chi connectivity index (χ0v) is 13.2. The van der Waals surface area contributed by atoms with Gasteiger partial charge in [0.25, 0.3) is 0 Å². The van der Waals surface area contributed by atoms with Crippen LogP contribution < -0.4 is 10.1 Å². The molecule has 0 saturated carbocycles. The molecule has 1 spiro atoms. The number of benzene rings is 1. The first-order valence-electron chi connectivity index (χ1n) is 8.16. The van der Waals surface area contributed by atoms with Crippen LogP contribution in [0.3, 0.4) is 0 Å². The molecule has 0 unspecified atom stereocenters. The Balaban J connectivity index is 1.56. The molecule has 6 heteroatoms. The van der Waals surface area contributed by atoms with Gasteiger partial charge in [-0.3, -0.25) is 4.90 Å². The number of nitrogens with one attached hydrogen (secondary N) is 1. The molecule has 0 aromatic heterocycles. The van der Waals surface area contributed by atoms with Gasteiger partial charge in [0.2, 0.25) is 0 Å². The van der Waals surface area contributed by atoms with E-state index in [0.29, 0.717) is 5.41 Å². The molecule has 2 heterocycles. The van der Waals surface area contributed by atoms with Crippen molar-refractivity contribution in [3.8, 4) is 5.75 Å². The molecule has 3 rings (SSSR count). The third-order valence-electron chi connectivity index (χ3n) is 4.89. The second kappa shape index (κ2) is 6.69. The summed E-state index contributed by atoms with van der Waals surface area (Å²) < 4.78 is 41.5. The fourth-order valence-corrected chi connectivity index (χ4v) is 3.68. The van der Waals surface area contributed by atoms with Crippen LogP contribution in [0.25, 0.3) is 0 Å². The number of halogens is 3. The first kappa shape index (κ1) is 16.6. The molecule has 1 aromatic carbocycles. The number of ether oxygens (including phenoxy) is 1. The van der Waals surface area contributed by atoms with Crippen molar-refractivity contribution < 1.29 is 17.9 Å². The van der Waals surface area contributed by atoms with Crippen LogP contribution >= 0.6 is 0 Å². The van der Waals surface area contributed by atoms with Crippen molar-refractivity contribution in [1.29, 1.82) is 0 Å². The normalized spacial score (nSPS) is 21.7. The first-order valence-corrected chi connectivity index (χ1v) is 8.16. The first-order chi connectivity index (χ1) is 10.9. The van der Waals surface area contributed by atoms with Crippen LogP contribution in [0.5, 0.6) is 5.75 Å². The minimum atomic E-state index is -4.30. The second-order valence-electron chi connectivity index (χ2n) is 6.76. The molecule has 3 nitrogen and oxygen atoms in total. The van der Waals surface area contributed by atoms with Crippen molar-refractivity contribution >= 4 is 0 Å². The summed E-state index contributed by atoms with van der Waals surface area (Å²) in [7, 11) is 0. The van der Waals surface area contributed by atoms with Crippen molar-refractivity contribution in [3.05, 3.63) is 29.8 Å². The lowest BCUT2D eigenvalue weighted by molar-refractivity contribution is -0.153. The molecule has 2 fully saturated rings. The van der Waals surface area contributed by atoms with E-state index >= 15 is 0 Å². The van der Waals surface area contributed by atoms with Crippen LogP contribution in [0, 0.1) is 5.41 Å². The molecular formula is C17H23F3N2O. The maximum absolute atomic E-state index is 12.2. The van der Waals surface area contributed by atoms with Gasteiger partial charge in [-0.1, -0.05) is 12.1 Å². The maximum Gasteiger partial charge on any atom is 0.422 e. The van der Waals surface area contributed by atoms with E-state index in [4.69, 9.17) is 4.74 Å². The van der Waals surface area contributed by atoms with Gasteiger partial charge in [-0.2, -0.15) is 13.2 Å². The van der Waals surface area contributed by atoms with Crippen LogP contribution in [0.1, 0.15) is 24.8 Å². The molecule has 1 N–H and O–H groups in total. The van der Waals surface area contributed by atoms with E-state index in [1.807, 2.05) is 6.07 Å². The summed E-state index contributed by atoms with van der Waals surface area (Å²) in [5.74, 6) is 0.288. The lowest BCUT2D eigenvalue weighted by atomic mass is 9.78.